The lowest BCUT2D eigenvalue weighted by Gasteiger charge is -2.18. The molecule has 0 aromatic carbocycles. The average molecular weight is 803 g/mol. The predicted octanol–water partition coefficient (Wildman–Crippen LogP) is 16.0. The Morgan fingerprint density at radius 2 is 0.632 bits per heavy atom. The predicted molar refractivity (Wildman–Crippen MR) is 243 cm³/mol. The molecule has 1 unspecified atom stereocenters. The van der Waals surface area contributed by atoms with E-state index in [0.717, 1.165) is 77.0 Å². The lowest BCUT2D eigenvalue weighted by Crippen LogP contribution is -2.30. The number of hydrogen-bond donors (Lipinski definition) is 0. The molecule has 0 saturated heterocycles. The van der Waals surface area contributed by atoms with Gasteiger partial charge >= 0.3 is 17.9 Å². The molecule has 0 aliphatic carbocycles. The molecule has 0 aromatic rings. The summed E-state index contributed by atoms with van der Waals surface area (Å²) in [7, 11) is 0. The van der Waals surface area contributed by atoms with Crippen molar-refractivity contribution in [1.29, 1.82) is 0 Å². The molecular formula is C51H94O6. The van der Waals surface area contributed by atoms with Crippen LogP contribution in [0.4, 0.5) is 0 Å². The first-order valence-electron chi connectivity index (χ1n) is 24.8. The Morgan fingerprint density at radius 1 is 0.351 bits per heavy atom. The van der Waals surface area contributed by atoms with Gasteiger partial charge in [-0.25, -0.2) is 0 Å². The molecule has 0 aliphatic rings. The molecular weight excluding hydrogens is 709 g/mol. The summed E-state index contributed by atoms with van der Waals surface area (Å²) in [5.41, 5.74) is 0. The van der Waals surface area contributed by atoms with Gasteiger partial charge in [0.05, 0.1) is 0 Å². The molecule has 0 aromatic heterocycles. The van der Waals surface area contributed by atoms with Gasteiger partial charge in [-0.05, 0) is 51.4 Å². The zero-order valence-electron chi connectivity index (χ0n) is 38.1. The first kappa shape index (κ1) is 54.9. The minimum absolute atomic E-state index is 0.0714. The Morgan fingerprint density at radius 3 is 0.982 bits per heavy atom. The fraction of sp³-hybridized carbons (Fsp3) is 0.863. The van der Waals surface area contributed by atoms with Gasteiger partial charge in [-0.2, -0.15) is 0 Å². The summed E-state index contributed by atoms with van der Waals surface area (Å²) in [6, 6.07) is 0. The summed E-state index contributed by atoms with van der Waals surface area (Å²) in [5, 5.41) is 0. The van der Waals surface area contributed by atoms with E-state index in [2.05, 4.69) is 45.1 Å². The van der Waals surface area contributed by atoms with E-state index in [-0.39, 0.29) is 31.1 Å². The monoisotopic (exact) mass is 803 g/mol. The number of carbonyl (C=O) groups is 3. The number of ether oxygens (including phenoxy) is 3. The van der Waals surface area contributed by atoms with Crippen molar-refractivity contribution >= 4 is 17.9 Å². The molecule has 0 spiro atoms. The van der Waals surface area contributed by atoms with Crippen LogP contribution in [0.15, 0.2) is 24.3 Å². The Kier molecular flexibility index (Phi) is 44.9. The number of rotatable bonds is 45. The summed E-state index contributed by atoms with van der Waals surface area (Å²) >= 11 is 0. The Hall–Kier alpha value is -2.11. The zero-order valence-corrected chi connectivity index (χ0v) is 38.1. The molecule has 0 aliphatic heterocycles. The lowest BCUT2D eigenvalue weighted by atomic mass is 10.0. The molecule has 0 N–H and O–H groups in total. The standard InChI is InChI=1S/C51H94O6/c1-4-7-10-13-16-19-22-24-25-26-28-29-32-35-38-41-44-50(53)56-47-48(46-55-49(52)43-40-37-34-31-21-18-15-12-9-6-3)57-51(54)45-42-39-36-33-30-27-23-20-17-14-11-8-5-2/h19,22,25-26,48H,4-18,20-21,23-24,27-47H2,1-3H3/b22-19-,26-25-. The minimum atomic E-state index is -0.769. The van der Waals surface area contributed by atoms with Crippen molar-refractivity contribution < 1.29 is 28.6 Å². The maximum Gasteiger partial charge on any atom is 0.306 e. The third-order valence-corrected chi connectivity index (χ3v) is 11.0. The Balaban J connectivity index is 4.34. The fourth-order valence-electron chi connectivity index (χ4n) is 7.18. The average Bonchev–Trinajstić information content (AvgIpc) is 3.21. The van der Waals surface area contributed by atoms with Crippen molar-refractivity contribution in [3.63, 3.8) is 0 Å². The fourth-order valence-corrected chi connectivity index (χ4v) is 7.18. The molecule has 0 radical (unpaired) electrons. The van der Waals surface area contributed by atoms with Crippen molar-refractivity contribution in [3.05, 3.63) is 24.3 Å². The molecule has 6 heteroatoms. The number of allylic oxidation sites excluding steroid dienone is 4. The van der Waals surface area contributed by atoms with Gasteiger partial charge in [-0.3, -0.25) is 14.4 Å². The van der Waals surface area contributed by atoms with E-state index < -0.39 is 6.10 Å². The van der Waals surface area contributed by atoms with E-state index >= 15 is 0 Å². The minimum Gasteiger partial charge on any atom is -0.462 e. The molecule has 334 valence electrons. The number of unbranched alkanes of at least 4 members (excludes halogenated alkanes) is 30. The lowest BCUT2D eigenvalue weighted by molar-refractivity contribution is -0.167. The van der Waals surface area contributed by atoms with Crippen molar-refractivity contribution in [1.82, 2.24) is 0 Å². The quantitative estimate of drug-likeness (QED) is 0.0264. The molecule has 6 nitrogen and oxygen atoms in total. The van der Waals surface area contributed by atoms with Crippen molar-refractivity contribution in [2.45, 2.75) is 271 Å². The van der Waals surface area contributed by atoms with Crippen LogP contribution >= 0.6 is 0 Å². The topological polar surface area (TPSA) is 78.9 Å². The van der Waals surface area contributed by atoms with Crippen LogP contribution in [0.25, 0.3) is 0 Å². The summed E-state index contributed by atoms with van der Waals surface area (Å²) in [6.45, 7) is 6.61. The van der Waals surface area contributed by atoms with Gasteiger partial charge in [0.1, 0.15) is 13.2 Å². The highest BCUT2D eigenvalue weighted by Crippen LogP contribution is 2.15. The highest BCUT2D eigenvalue weighted by atomic mass is 16.6. The van der Waals surface area contributed by atoms with E-state index in [0.29, 0.717) is 19.3 Å². The van der Waals surface area contributed by atoms with Crippen LogP contribution in [-0.2, 0) is 28.6 Å². The van der Waals surface area contributed by atoms with Gasteiger partial charge in [-0.15, -0.1) is 0 Å². The van der Waals surface area contributed by atoms with Gasteiger partial charge in [0.2, 0.25) is 0 Å². The zero-order chi connectivity index (χ0) is 41.5. The van der Waals surface area contributed by atoms with Crippen molar-refractivity contribution in [2.24, 2.45) is 0 Å². The van der Waals surface area contributed by atoms with E-state index in [4.69, 9.17) is 14.2 Å². The number of carbonyl (C=O) groups excluding carboxylic acids is 3. The highest BCUT2D eigenvalue weighted by Gasteiger charge is 2.19. The number of esters is 3. The molecule has 0 saturated carbocycles. The maximum atomic E-state index is 12.7. The molecule has 0 amide bonds. The van der Waals surface area contributed by atoms with Crippen LogP contribution in [0.3, 0.4) is 0 Å². The summed E-state index contributed by atoms with van der Waals surface area (Å²) in [5.74, 6) is -0.876. The van der Waals surface area contributed by atoms with E-state index in [9.17, 15) is 14.4 Å². The van der Waals surface area contributed by atoms with Gasteiger partial charge in [0, 0.05) is 19.3 Å². The second-order valence-corrected chi connectivity index (χ2v) is 16.7. The van der Waals surface area contributed by atoms with Gasteiger partial charge in [0.25, 0.3) is 0 Å². The molecule has 0 rings (SSSR count). The molecule has 0 bridgehead atoms. The largest absolute Gasteiger partial charge is 0.462 e. The third kappa shape index (κ3) is 44.8. The van der Waals surface area contributed by atoms with Crippen LogP contribution in [-0.4, -0.2) is 37.2 Å². The summed E-state index contributed by atoms with van der Waals surface area (Å²) in [4.78, 5) is 37.8. The van der Waals surface area contributed by atoms with Gasteiger partial charge in [-0.1, -0.05) is 218 Å². The second kappa shape index (κ2) is 46.6. The first-order valence-corrected chi connectivity index (χ1v) is 24.8. The molecule has 0 heterocycles. The Bertz CT molecular complexity index is 927. The highest BCUT2D eigenvalue weighted by molar-refractivity contribution is 5.71. The van der Waals surface area contributed by atoms with Crippen LogP contribution in [0.5, 0.6) is 0 Å². The van der Waals surface area contributed by atoms with Gasteiger partial charge < -0.3 is 14.2 Å². The molecule has 57 heavy (non-hydrogen) atoms. The van der Waals surface area contributed by atoms with E-state index in [1.807, 2.05) is 0 Å². The smallest absolute Gasteiger partial charge is 0.306 e. The van der Waals surface area contributed by atoms with Crippen LogP contribution in [0, 0.1) is 0 Å². The number of hydrogen-bond acceptors (Lipinski definition) is 6. The summed E-state index contributed by atoms with van der Waals surface area (Å²) in [6.07, 6.45) is 51.5. The first-order chi connectivity index (χ1) is 28.0. The van der Waals surface area contributed by atoms with Crippen molar-refractivity contribution in [3.8, 4) is 0 Å². The van der Waals surface area contributed by atoms with Crippen LogP contribution < -0.4 is 0 Å². The Labute approximate surface area is 353 Å². The third-order valence-electron chi connectivity index (χ3n) is 11.0. The van der Waals surface area contributed by atoms with Crippen molar-refractivity contribution in [2.75, 3.05) is 13.2 Å². The second-order valence-electron chi connectivity index (χ2n) is 16.7. The van der Waals surface area contributed by atoms with E-state index in [1.54, 1.807) is 0 Å². The SMILES string of the molecule is CCCCCC/C=C\C/C=C\CCCCCCCC(=O)OCC(COC(=O)CCCCCCCCCCCC)OC(=O)CCCCCCCCCCCCCCC. The van der Waals surface area contributed by atoms with E-state index in [1.165, 1.54) is 148 Å². The normalized spacial score (nSPS) is 12.1. The van der Waals surface area contributed by atoms with Crippen LogP contribution in [0.2, 0.25) is 0 Å². The summed E-state index contributed by atoms with van der Waals surface area (Å²) < 4.78 is 16.7. The van der Waals surface area contributed by atoms with Crippen LogP contribution in [0.1, 0.15) is 265 Å². The van der Waals surface area contributed by atoms with Gasteiger partial charge in [0.15, 0.2) is 6.10 Å². The molecule has 1 atom stereocenters. The molecule has 0 fully saturated rings. The maximum absolute atomic E-state index is 12.7.